The Morgan fingerprint density at radius 2 is 1.84 bits per heavy atom. The maximum atomic E-state index is 12.9. The van der Waals surface area contributed by atoms with Gasteiger partial charge in [0.2, 0.25) is 0 Å². The lowest BCUT2D eigenvalue weighted by Gasteiger charge is -2.24. The van der Waals surface area contributed by atoms with Crippen LogP contribution in [-0.2, 0) is 11.4 Å². The van der Waals surface area contributed by atoms with Crippen LogP contribution in [0.1, 0.15) is 46.5 Å². The van der Waals surface area contributed by atoms with Crippen molar-refractivity contribution in [2.24, 2.45) is 0 Å². The number of thioether (sulfide) groups is 1. The van der Waals surface area contributed by atoms with Gasteiger partial charge >= 0.3 is 5.97 Å². The number of aliphatic carboxylic acids is 1. The smallest absolute Gasteiger partial charge is 0.347 e. The highest BCUT2D eigenvalue weighted by Crippen LogP contribution is 2.34. The summed E-state index contributed by atoms with van der Waals surface area (Å²) in [6.07, 6.45) is 6.60. The van der Waals surface area contributed by atoms with E-state index in [1.807, 2.05) is 38.3 Å². The number of rotatable bonds is 8. The van der Waals surface area contributed by atoms with Gasteiger partial charge in [-0.3, -0.25) is 4.79 Å². The lowest BCUT2D eigenvalue weighted by molar-refractivity contribution is -0.152. The largest absolute Gasteiger partial charge is 0.478 e. The van der Waals surface area contributed by atoms with Gasteiger partial charge in [-0.15, -0.1) is 11.8 Å². The molecule has 2 aromatic carbocycles. The fraction of sp³-hybridized carbons (Fsp3) is 0.280. The van der Waals surface area contributed by atoms with Crippen LogP contribution in [0.2, 0.25) is 0 Å². The van der Waals surface area contributed by atoms with E-state index in [2.05, 4.69) is 0 Å². The van der Waals surface area contributed by atoms with Crippen LogP contribution >= 0.6 is 11.8 Å². The number of ketones is 1. The van der Waals surface area contributed by atoms with Crippen molar-refractivity contribution in [2.75, 3.05) is 6.26 Å². The maximum Gasteiger partial charge on any atom is 0.347 e. The van der Waals surface area contributed by atoms with Crippen molar-refractivity contribution in [3.63, 3.8) is 0 Å². The van der Waals surface area contributed by atoms with Gasteiger partial charge in [-0.05, 0) is 81.0 Å². The number of aryl methyl sites for hydroxylation is 2. The molecule has 32 heavy (non-hydrogen) atoms. The SMILES string of the molecule is CSc1ccc(C(=O)/C=C/c2cc(C)c(OC(C)(C)C(=O)O)c(C)c2)c2occ(CO)c12. The predicted octanol–water partition coefficient (Wildman–Crippen LogP) is 5.40. The quantitative estimate of drug-likeness (QED) is 0.267. The number of aliphatic hydroxyl groups excluding tert-OH is 1. The monoisotopic (exact) mass is 454 g/mol. The Hall–Kier alpha value is -3.03. The molecule has 0 aliphatic rings. The van der Waals surface area contributed by atoms with Gasteiger partial charge in [-0.1, -0.05) is 6.08 Å². The number of hydrogen-bond acceptors (Lipinski definition) is 6. The molecule has 0 unspecified atom stereocenters. The summed E-state index contributed by atoms with van der Waals surface area (Å²) in [5.74, 6) is -0.751. The molecule has 0 bridgehead atoms. The first kappa shape index (κ1) is 23.6. The lowest BCUT2D eigenvalue weighted by Crippen LogP contribution is -2.38. The number of carboxylic acids is 1. The summed E-state index contributed by atoms with van der Waals surface area (Å²) in [6.45, 7) is 6.51. The number of furan rings is 1. The van der Waals surface area contributed by atoms with E-state index in [4.69, 9.17) is 9.15 Å². The lowest BCUT2D eigenvalue weighted by atomic mass is 10.0. The van der Waals surface area contributed by atoms with Gasteiger partial charge in [0, 0.05) is 15.8 Å². The van der Waals surface area contributed by atoms with Gasteiger partial charge in [0.1, 0.15) is 11.3 Å². The number of allylic oxidation sites excluding steroid dienone is 1. The third-order valence-corrected chi connectivity index (χ3v) is 5.98. The topological polar surface area (TPSA) is 97.0 Å². The zero-order chi connectivity index (χ0) is 23.6. The van der Waals surface area contributed by atoms with E-state index in [1.54, 1.807) is 12.1 Å². The molecule has 0 saturated carbocycles. The molecule has 168 valence electrons. The highest BCUT2D eigenvalue weighted by atomic mass is 32.2. The Morgan fingerprint density at radius 1 is 1.19 bits per heavy atom. The number of carbonyl (C=O) groups excluding carboxylic acids is 1. The second-order valence-corrected chi connectivity index (χ2v) is 8.89. The van der Waals surface area contributed by atoms with E-state index in [0.29, 0.717) is 22.5 Å². The van der Waals surface area contributed by atoms with Crippen LogP contribution in [0.3, 0.4) is 0 Å². The number of benzene rings is 2. The zero-order valence-electron chi connectivity index (χ0n) is 18.7. The van der Waals surface area contributed by atoms with Crippen LogP contribution < -0.4 is 4.74 Å². The summed E-state index contributed by atoms with van der Waals surface area (Å²) in [4.78, 5) is 25.2. The number of carbonyl (C=O) groups is 2. The second kappa shape index (κ2) is 9.22. The van der Waals surface area contributed by atoms with Crippen LogP contribution in [0.25, 0.3) is 17.0 Å². The molecule has 0 spiro atoms. The van der Waals surface area contributed by atoms with Crippen molar-refractivity contribution in [1.82, 2.24) is 0 Å². The number of carboxylic acid groups (broad SMARTS) is 1. The van der Waals surface area contributed by atoms with Gasteiger partial charge in [0.05, 0.1) is 18.4 Å². The minimum absolute atomic E-state index is 0.167. The van der Waals surface area contributed by atoms with Crippen molar-refractivity contribution in [3.05, 3.63) is 64.4 Å². The molecule has 0 saturated heterocycles. The average molecular weight is 455 g/mol. The Balaban J connectivity index is 1.91. The molecule has 7 heteroatoms. The maximum absolute atomic E-state index is 12.9. The molecule has 6 nitrogen and oxygen atoms in total. The third-order valence-electron chi connectivity index (χ3n) is 5.20. The third kappa shape index (κ3) is 4.59. The predicted molar refractivity (Wildman–Crippen MR) is 126 cm³/mol. The average Bonchev–Trinajstić information content (AvgIpc) is 3.18. The number of fused-ring (bicyclic) bond motifs is 1. The summed E-state index contributed by atoms with van der Waals surface area (Å²) in [5.41, 5.74) is 2.52. The summed E-state index contributed by atoms with van der Waals surface area (Å²) < 4.78 is 11.3. The first-order chi connectivity index (χ1) is 15.1. The minimum Gasteiger partial charge on any atom is -0.478 e. The Bertz CT molecular complexity index is 1200. The van der Waals surface area contributed by atoms with E-state index in [-0.39, 0.29) is 12.4 Å². The van der Waals surface area contributed by atoms with Gasteiger partial charge in [0.25, 0.3) is 0 Å². The van der Waals surface area contributed by atoms with Crippen LogP contribution in [0.15, 0.2) is 45.9 Å². The molecule has 1 aromatic heterocycles. The zero-order valence-corrected chi connectivity index (χ0v) is 19.5. The molecule has 0 aliphatic heterocycles. The van der Waals surface area contributed by atoms with Crippen molar-refractivity contribution in [3.8, 4) is 5.75 Å². The normalized spacial score (nSPS) is 11.9. The summed E-state index contributed by atoms with van der Waals surface area (Å²) >= 11 is 1.52. The summed E-state index contributed by atoms with van der Waals surface area (Å²) in [6, 6.07) is 7.26. The van der Waals surface area contributed by atoms with Gasteiger partial charge in [0.15, 0.2) is 11.4 Å². The summed E-state index contributed by atoms with van der Waals surface area (Å²) in [5, 5.41) is 19.7. The number of aliphatic hydroxyl groups is 1. The van der Waals surface area contributed by atoms with E-state index >= 15 is 0 Å². The van der Waals surface area contributed by atoms with Crippen molar-refractivity contribution in [2.45, 2.75) is 44.8 Å². The van der Waals surface area contributed by atoms with Crippen molar-refractivity contribution in [1.29, 1.82) is 0 Å². The summed E-state index contributed by atoms with van der Waals surface area (Å²) in [7, 11) is 0. The molecule has 3 rings (SSSR count). The first-order valence-electron chi connectivity index (χ1n) is 10.0. The van der Waals surface area contributed by atoms with Gasteiger partial charge < -0.3 is 19.4 Å². The Labute approximate surface area is 190 Å². The molecule has 1 heterocycles. The molecule has 3 aromatic rings. The molecular formula is C25H26O6S. The van der Waals surface area contributed by atoms with E-state index in [0.717, 1.165) is 27.0 Å². The fourth-order valence-corrected chi connectivity index (χ4v) is 4.09. The molecule has 0 amide bonds. The number of hydrogen-bond donors (Lipinski definition) is 2. The molecule has 0 atom stereocenters. The van der Waals surface area contributed by atoms with Crippen LogP contribution in [0.5, 0.6) is 5.75 Å². The highest BCUT2D eigenvalue weighted by Gasteiger charge is 2.30. The molecule has 2 N–H and O–H groups in total. The van der Waals surface area contributed by atoms with Crippen molar-refractivity contribution < 1.29 is 29.0 Å². The number of ether oxygens (including phenoxy) is 1. The highest BCUT2D eigenvalue weighted by molar-refractivity contribution is 7.98. The van der Waals surface area contributed by atoms with Crippen LogP contribution in [0, 0.1) is 13.8 Å². The van der Waals surface area contributed by atoms with Crippen LogP contribution in [0.4, 0.5) is 0 Å². The molecule has 0 aliphatic carbocycles. The van der Waals surface area contributed by atoms with Crippen LogP contribution in [-0.4, -0.2) is 33.8 Å². The first-order valence-corrected chi connectivity index (χ1v) is 11.3. The second-order valence-electron chi connectivity index (χ2n) is 8.04. The molecule has 0 fully saturated rings. The minimum atomic E-state index is -1.35. The van der Waals surface area contributed by atoms with E-state index in [9.17, 15) is 19.8 Å². The standard InChI is InChI=1S/C25H26O6S/c1-14-10-16(11-15(2)22(14)31-25(3,4)24(28)29)6-8-19(27)18-7-9-20(32-5)21-17(12-26)13-30-23(18)21/h6-11,13,26H,12H2,1-5H3,(H,28,29)/b8-6+. The van der Waals surface area contributed by atoms with Gasteiger partial charge in [-0.2, -0.15) is 0 Å². The van der Waals surface area contributed by atoms with E-state index < -0.39 is 11.6 Å². The Morgan fingerprint density at radius 3 is 2.41 bits per heavy atom. The molecule has 0 radical (unpaired) electrons. The Kier molecular flexibility index (Phi) is 6.81. The van der Waals surface area contributed by atoms with Gasteiger partial charge in [-0.25, -0.2) is 4.79 Å². The van der Waals surface area contributed by atoms with E-state index in [1.165, 1.54) is 37.9 Å². The van der Waals surface area contributed by atoms with Crippen molar-refractivity contribution >= 4 is 40.6 Å². The molecular weight excluding hydrogens is 428 g/mol. The fourth-order valence-electron chi connectivity index (χ4n) is 3.46.